The van der Waals surface area contributed by atoms with E-state index < -0.39 is 10.0 Å². The highest BCUT2D eigenvalue weighted by Crippen LogP contribution is 2.22. The molecule has 0 atom stereocenters. The molecule has 1 amide bonds. The zero-order valence-corrected chi connectivity index (χ0v) is 15.7. The van der Waals surface area contributed by atoms with Gasteiger partial charge < -0.3 is 15.0 Å². The zero-order chi connectivity index (χ0) is 18.3. The van der Waals surface area contributed by atoms with Gasteiger partial charge in [-0.2, -0.15) is 0 Å². The number of piperidine rings is 1. The van der Waals surface area contributed by atoms with Crippen molar-refractivity contribution in [3.63, 3.8) is 0 Å². The Morgan fingerprint density at radius 2 is 1.96 bits per heavy atom. The van der Waals surface area contributed by atoms with E-state index in [1.165, 1.54) is 51.6 Å². The number of rotatable bonds is 8. The van der Waals surface area contributed by atoms with Gasteiger partial charge in [-0.25, -0.2) is 13.1 Å². The maximum atomic E-state index is 12.4. The van der Waals surface area contributed by atoms with Gasteiger partial charge in [-0.3, -0.25) is 4.79 Å². The molecule has 1 fully saturated rings. The van der Waals surface area contributed by atoms with Gasteiger partial charge in [0, 0.05) is 13.6 Å². The summed E-state index contributed by atoms with van der Waals surface area (Å²) in [5.74, 6) is -0.0533. The van der Waals surface area contributed by atoms with Crippen LogP contribution in [0.1, 0.15) is 36.0 Å². The Labute approximate surface area is 149 Å². The molecule has 0 radical (unpaired) electrons. The predicted octanol–water partition coefficient (Wildman–Crippen LogP) is 1.21. The van der Waals surface area contributed by atoms with Crippen LogP contribution < -0.4 is 14.8 Å². The number of hydrogen-bond acceptors (Lipinski definition) is 5. The smallest absolute Gasteiger partial charge is 0.254 e. The minimum Gasteiger partial charge on any atom is -0.496 e. The average molecular weight is 369 g/mol. The Morgan fingerprint density at radius 3 is 2.60 bits per heavy atom. The van der Waals surface area contributed by atoms with Crippen LogP contribution >= 0.6 is 0 Å². The molecule has 1 aromatic rings. The highest BCUT2D eigenvalue weighted by molar-refractivity contribution is 7.89. The Balaban J connectivity index is 1.97. The number of sulfonamides is 1. The van der Waals surface area contributed by atoms with Crippen molar-refractivity contribution in [2.24, 2.45) is 0 Å². The first-order chi connectivity index (χ1) is 12.0. The van der Waals surface area contributed by atoms with Crippen molar-refractivity contribution in [1.82, 2.24) is 14.9 Å². The number of likely N-dealkylation sites (tertiary alicyclic amines) is 1. The zero-order valence-electron chi connectivity index (χ0n) is 14.9. The third-order valence-corrected chi connectivity index (χ3v) is 5.80. The molecule has 140 valence electrons. The van der Waals surface area contributed by atoms with E-state index in [0.29, 0.717) is 12.3 Å². The summed E-state index contributed by atoms with van der Waals surface area (Å²) in [6, 6.07) is 4.27. The van der Waals surface area contributed by atoms with Gasteiger partial charge in [-0.05, 0) is 57.1 Å². The van der Waals surface area contributed by atoms with Gasteiger partial charge in [0.05, 0.1) is 17.6 Å². The molecule has 1 saturated heterocycles. The molecule has 0 bridgehead atoms. The van der Waals surface area contributed by atoms with Gasteiger partial charge in [-0.1, -0.05) is 6.42 Å². The molecule has 25 heavy (non-hydrogen) atoms. The van der Waals surface area contributed by atoms with Crippen molar-refractivity contribution in [2.45, 2.75) is 30.6 Å². The molecule has 1 heterocycles. The van der Waals surface area contributed by atoms with E-state index in [9.17, 15) is 13.2 Å². The van der Waals surface area contributed by atoms with Crippen molar-refractivity contribution >= 4 is 15.9 Å². The summed E-state index contributed by atoms with van der Waals surface area (Å²) in [6.45, 7) is 3.47. The van der Waals surface area contributed by atoms with Gasteiger partial charge in [0.15, 0.2) is 0 Å². The maximum Gasteiger partial charge on any atom is 0.254 e. The van der Waals surface area contributed by atoms with Crippen LogP contribution in [0.3, 0.4) is 0 Å². The second kappa shape index (κ2) is 9.17. The SMILES string of the molecule is CNC(=O)c1cc(S(=O)(=O)NCCCN2CCCCC2)ccc1OC. The molecule has 0 spiro atoms. The summed E-state index contributed by atoms with van der Waals surface area (Å²) in [7, 11) is -0.729. The number of benzene rings is 1. The number of nitrogens with one attached hydrogen (secondary N) is 2. The first-order valence-electron chi connectivity index (χ1n) is 8.60. The minimum atomic E-state index is -3.66. The molecular weight excluding hydrogens is 342 g/mol. The molecule has 2 rings (SSSR count). The Morgan fingerprint density at radius 1 is 1.24 bits per heavy atom. The van der Waals surface area contributed by atoms with Gasteiger partial charge >= 0.3 is 0 Å². The number of hydrogen-bond donors (Lipinski definition) is 2. The number of methoxy groups -OCH3 is 1. The monoisotopic (exact) mass is 369 g/mol. The topological polar surface area (TPSA) is 87.7 Å². The van der Waals surface area contributed by atoms with E-state index in [-0.39, 0.29) is 16.4 Å². The fraction of sp³-hybridized carbons (Fsp3) is 0.588. The van der Waals surface area contributed by atoms with Crippen LogP contribution in [0, 0.1) is 0 Å². The second-order valence-corrected chi connectivity index (χ2v) is 7.86. The summed E-state index contributed by atoms with van der Waals surface area (Å²) in [6.07, 6.45) is 4.49. The summed E-state index contributed by atoms with van der Waals surface area (Å²) < 4.78 is 32.6. The Bertz CT molecular complexity index is 685. The first-order valence-corrected chi connectivity index (χ1v) is 10.1. The van der Waals surface area contributed by atoms with Crippen LogP contribution in [0.25, 0.3) is 0 Å². The van der Waals surface area contributed by atoms with Crippen LogP contribution in [-0.4, -0.2) is 59.6 Å². The number of ether oxygens (including phenoxy) is 1. The lowest BCUT2D eigenvalue weighted by molar-refractivity contribution is 0.0960. The molecule has 2 N–H and O–H groups in total. The average Bonchev–Trinajstić information content (AvgIpc) is 2.65. The normalized spacial score (nSPS) is 15.8. The van der Waals surface area contributed by atoms with E-state index in [1.54, 1.807) is 0 Å². The first kappa shape index (κ1) is 19.7. The van der Waals surface area contributed by atoms with Crippen LogP contribution in [0.4, 0.5) is 0 Å². The molecule has 0 aliphatic carbocycles. The van der Waals surface area contributed by atoms with Gasteiger partial charge in [0.2, 0.25) is 10.0 Å². The summed E-state index contributed by atoms with van der Waals surface area (Å²) >= 11 is 0. The van der Waals surface area contributed by atoms with Crippen LogP contribution in [0.2, 0.25) is 0 Å². The molecule has 0 aromatic heterocycles. The minimum absolute atomic E-state index is 0.0601. The Hall–Kier alpha value is -1.64. The van der Waals surface area contributed by atoms with E-state index in [0.717, 1.165) is 26.1 Å². The summed E-state index contributed by atoms with van der Waals surface area (Å²) in [5.41, 5.74) is 0.196. The second-order valence-electron chi connectivity index (χ2n) is 6.09. The molecule has 8 heteroatoms. The van der Waals surface area contributed by atoms with Crippen LogP contribution in [-0.2, 0) is 10.0 Å². The summed E-state index contributed by atoms with van der Waals surface area (Å²) in [4.78, 5) is 14.3. The number of carbonyl (C=O) groups is 1. The lowest BCUT2D eigenvalue weighted by Gasteiger charge is -2.26. The summed E-state index contributed by atoms with van der Waals surface area (Å²) in [5, 5.41) is 2.48. The highest BCUT2D eigenvalue weighted by Gasteiger charge is 2.19. The molecule has 1 aromatic carbocycles. The highest BCUT2D eigenvalue weighted by atomic mass is 32.2. The van der Waals surface area contributed by atoms with E-state index in [4.69, 9.17) is 4.74 Å². The third kappa shape index (κ3) is 5.42. The molecular formula is C17H27N3O4S. The van der Waals surface area contributed by atoms with E-state index >= 15 is 0 Å². The molecule has 7 nitrogen and oxygen atoms in total. The van der Waals surface area contributed by atoms with Crippen LogP contribution in [0.5, 0.6) is 5.75 Å². The largest absolute Gasteiger partial charge is 0.496 e. The van der Waals surface area contributed by atoms with Crippen molar-refractivity contribution in [3.05, 3.63) is 23.8 Å². The third-order valence-electron chi connectivity index (χ3n) is 4.34. The van der Waals surface area contributed by atoms with Gasteiger partial charge in [0.1, 0.15) is 5.75 Å². The number of amides is 1. The number of carbonyl (C=O) groups excluding carboxylic acids is 1. The van der Waals surface area contributed by atoms with Gasteiger partial charge in [0.25, 0.3) is 5.91 Å². The lowest BCUT2D eigenvalue weighted by atomic mass is 10.1. The van der Waals surface area contributed by atoms with Crippen LogP contribution in [0.15, 0.2) is 23.1 Å². The van der Waals surface area contributed by atoms with E-state index in [1.807, 2.05) is 0 Å². The standard InChI is InChI=1S/C17H27N3O4S/c1-18-17(21)15-13-14(7-8-16(15)24-2)25(22,23)19-9-6-12-20-10-4-3-5-11-20/h7-8,13,19H,3-6,9-12H2,1-2H3,(H,18,21). The fourth-order valence-corrected chi connectivity index (χ4v) is 4.04. The van der Waals surface area contributed by atoms with Gasteiger partial charge in [-0.15, -0.1) is 0 Å². The lowest BCUT2D eigenvalue weighted by Crippen LogP contribution is -2.33. The molecule has 0 unspecified atom stereocenters. The number of nitrogens with zero attached hydrogens (tertiary/aromatic N) is 1. The fourth-order valence-electron chi connectivity index (χ4n) is 2.94. The van der Waals surface area contributed by atoms with Crippen molar-refractivity contribution in [2.75, 3.05) is 40.3 Å². The Kier molecular flexibility index (Phi) is 7.22. The predicted molar refractivity (Wildman–Crippen MR) is 96.5 cm³/mol. The molecule has 1 aliphatic heterocycles. The van der Waals surface area contributed by atoms with Crippen molar-refractivity contribution in [1.29, 1.82) is 0 Å². The van der Waals surface area contributed by atoms with Crippen molar-refractivity contribution < 1.29 is 17.9 Å². The molecule has 0 saturated carbocycles. The quantitative estimate of drug-likeness (QED) is 0.673. The van der Waals surface area contributed by atoms with E-state index in [2.05, 4.69) is 14.9 Å². The molecule has 1 aliphatic rings. The maximum absolute atomic E-state index is 12.4. The van der Waals surface area contributed by atoms with Crippen molar-refractivity contribution in [3.8, 4) is 5.75 Å².